The number of nitrogens with one attached hydrogen (secondary N) is 2. The average Bonchev–Trinajstić information content (AvgIpc) is 3.48. The van der Waals surface area contributed by atoms with Gasteiger partial charge < -0.3 is 15.4 Å². The number of H-pyrrole nitrogens is 1. The average molecular weight is 531 g/mol. The minimum Gasteiger partial charge on any atom is -0.475 e. The highest BCUT2D eigenvalue weighted by molar-refractivity contribution is 9.10. The van der Waals surface area contributed by atoms with Crippen LogP contribution in [-0.4, -0.2) is 46.1 Å². The van der Waals surface area contributed by atoms with Crippen molar-refractivity contribution in [1.29, 1.82) is 0 Å². The van der Waals surface area contributed by atoms with Crippen molar-refractivity contribution in [2.24, 2.45) is 4.99 Å². The molecule has 10 heteroatoms. The number of pyridine rings is 1. The highest BCUT2D eigenvalue weighted by atomic mass is 79.9. The number of aromatic nitrogens is 2. The number of aromatic amines is 1. The lowest BCUT2D eigenvalue weighted by Crippen LogP contribution is -2.21. The maximum atomic E-state index is 10.6. The molecule has 0 aliphatic carbocycles. The molecule has 174 valence electrons. The molecular formula is C24H18BrF3N4O2. The van der Waals surface area contributed by atoms with Gasteiger partial charge in [0.2, 0.25) is 0 Å². The third-order valence-electron chi connectivity index (χ3n) is 5.04. The zero-order valence-corrected chi connectivity index (χ0v) is 19.1. The monoisotopic (exact) mass is 530 g/mol. The fraction of sp³-hybridized carbons (Fsp3) is 0.125. The SMILES string of the molecule is Brc1cnc2[nH]c(-c3ccccc3)c(-c3ccc(C4=NCCN4)cc3)c2c1.O=C(O)C(F)(F)F. The van der Waals surface area contributed by atoms with Crippen LogP contribution in [0.3, 0.4) is 0 Å². The van der Waals surface area contributed by atoms with E-state index in [1.54, 1.807) is 0 Å². The van der Waals surface area contributed by atoms with Crippen LogP contribution in [0.25, 0.3) is 33.4 Å². The molecule has 0 amide bonds. The fourth-order valence-corrected chi connectivity index (χ4v) is 3.88. The van der Waals surface area contributed by atoms with Crippen molar-refractivity contribution in [2.75, 3.05) is 13.1 Å². The molecule has 34 heavy (non-hydrogen) atoms. The molecule has 6 nitrogen and oxygen atoms in total. The predicted octanol–water partition coefficient (Wildman–Crippen LogP) is 5.64. The Morgan fingerprint density at radius 3 is 2.24 bits per heavy atom. The van der Waals surface area contributed by atoms with Crippen LogP contribution in [0.15, 0.2) is 76.3 Å². The van der Waals surface area contributed by atoms with E-state index in [4.69, 9.17) is 9.90 Å². The number of aliphatic carboxylic acids is 1. The first kappa shape index (κ1) is 23.5. The number of hydrogen-bond acceptors (Lipinski definition) is 4. The molecule has 3 heterocycles. The van der Waals surface area contributed by atoms with Crippen molar-refractivity contribution < 1.29 is 23.1 Å². The quantitative estimate of drug-likeness (QED) is 0.319. The van der Waals surface area contributed by atoms with Crippen LogP contribution in [0, 0.1) is 0 Å². The van der Waals surface area contributed by atoms with E-state index in [1.165, 1.54) is 0 Å². The fourth-order valence-electron chi connectivity index (χ4n) is 3.55. The van der Waals surface area contributed by atoms with Crippen molar-refractivity contribution >= 4 is 38.8 Å². The van der Waals surface area contributed by atoms with E-state index in [9.17, 15) is 13.2 Å². The molecule has 4 aromatic rings. The van der Waals surface area contributed by atoms with Crippen molar-refractivity contribution in [3.63, 3.8) is 0 Å². The summed E-state index contributed by atoms with van der Waals surface area (Å²) in [5.74, 6) is -1.78. The Kier molecular flexibility index (Phi) is 6.69. The molecule has 0 atom stereocenters. The van der Waals surface area contributed by atoms with Gasteiger partial charge in [0.25, 0.3) is 0 Å². The van der Waals surface area contributed by atoms with Crippen LogP contribution in [0.5, 0.6) is 0 Å². The van der Waals surface area contributed by atoms with Gasteiger partial charge in [0.05, 0.1) is 12.2 Å². The second-order valence-electron chi connectivity index (χ2n) is 7.33. The van der Waals surface area contributed by atoms with Gasteiger partial charge in [0.1, 0.15) is 11.5 Å². The molecule has 0 bridgehead atoms. The third-order valence-corrected chi connectivity index (χ3v) is 5.48. The smallest absolute Gasteiger partial charge is 0.475 e. The Hall–Kier alpha value is -3.66. The molecule has 0 radical (unpaired) electrons. The van der Waals surface area contributed by atoms with Crippen molar-refractivity contribution in [2.45, 2.75) is 6.18 Å². The summed E-state index contributed by atoms with van der Waals surface area (Å²) in [7, 11) is 0. The van der Waals surface area contributed by atoms with Gasteiger partial charge in [0.15, 0.2) is 0 Å². The summed E-state index contributed by atoms with van der Waals surface area (Å²) < 4.78 is 32.7. The molecule has 3 N–H and O–H groups in total. The Labute approximate surface area is 200 Å². The molecule has 0 unspecified atom stereocenters. The summed E-state index contributed by atoms with van der Waals surface area (Å²) in [6.45, 7) is 1.76. The number of amidine groups is 1. The van der Waals surface area contributed by atoms with E-state index in [2.05, 4.69) is 90.8 Å². The first-order valence-electron chi connectivity index (χ1n) is 10.2. The topological polar surface area (TPSA) is 90.4 Å². The summed E-state index contributed by atoms with van der Waals surface area (Å²) in [4.78, 5) is 21.5. The lowest BCUT2D eigenvalue weighted by Gasteiger charge is -2.08. The summed E-state index contributed by atoms with van der Waals surface area (Å²) in [6.07, 6.45) is -3.26. The summed E-state index contributed by atoms with van der Waals surface area (Å²) in [5.41, 5.74) is 6.56. The highest BCUT2D eigenvalue weighted by Crippen LogP contribution is 2.38. The lowest BCUT2D eigenvalue weighted by molar-refractivity contribution is -0.192. The Bertz CT molecular complexity index is 1350. The van der Waals surface area contributed by atoms with Crippen LogP contribution in [0.2, 0.25) is 0 Å². The van der Waals surface area contributed by atoms with Crippen LogP contribution < -0.4 is 5.32 Å². The standard InChI is InChI=1S/C22H17BrN4.C2HF3O2/c23-17-12-18-19(14-6-8-16(9-7-14)21-24-10-11-25-21)20(27-22(18)26-13-17)15-4-2-1-3-5-15;3-2(4,5)1(6)7/h1-9,12-13H,10-11H2,(H,24,25)(H,26,27);(H,6,7). The van der Waals surface area contributed by atoms with Crippen LogP contribution >= 0.6 is 15.9 Å². The van der Waals surface area contributed by atoms with Gasteiger partial charge >= 0.3 is 12.1 Å². The molecular weight excluding hydrogens is 513 g/mol. The molecule has 0 spiro atoms. The molecule has 2 aromatic heterocycles. The van der Waals surface area contributed by atoms with Gasteiger partial charge in [0, 0.05) is 33.7 Å². The number of carbonyl (C=O) groups is 1. The van der Waals surface area contributed by atoms with Gasteiger partial charge in [-0.05, 0) is 33.1 Å². The van der Waals surface area contributed by atoms with E-state index in [-0.39, 0.29) is 0 Å². The Balaban J connectivity index is 0.000000344. The highest BCUT2D eigenvalue weighted by Gasteiger charge is 2.38. The predicted molar refractivity (Wildman–Crippen MR) is 128 cm³/mol. The zero-order valence-electron chi connectivity index (χ0n) is 17.5. The van der Waals surface area contributed by atoms with Crippen molar-refractivity contribution in [3.05, 3.63) is 76.9 Å². The van der Waals surface area contributed by atoms with Gasteiger partial charge in [-0.15, -0.1) is 0 Å². The number of carboxylic acid groups (broad SMARTS) is 1. The molecule has 0 saturated heterocycles. The normalized spacial score (nSPS) is 13.1. The second kappa shape index (κ2) is 9.68. The molecule has 2 aromatic carbocycles. The van der Waals surface area contributed by atoms with Crippen LogP contribution in [-0.2, 0) is 4.79 Å². The van der Waals surface area contributed by atoms with Crippen molar-refractivity contribution in [1.82, 2.24) is 15.3 Å². The second-order valence-corrected chi connectivity index (χ2v) is 8.24. The summed E-state index contributed by atoms with van der Waals surface area (Å²) >= 11 is 3.56. The lowest BCUT2D eigenvalue weighted by atomic mass is 9.98. The number of hydrogen-bond donors (Lipinski definition) is 3. The minimum absolute atomic E-state index is 0.845. The van der Waals surface area contributed by atoms with Crippen molar-refractivity contribution in [3.8, 4) is 22.4 Å². The minimum atomic E-state index is -5.08. The van der Waals surface area contributed by atoms with E-state index < -0.39 is 12.1 Å². The number of fused-ring (bicyclic) bond motifs is 1. The maximum absolute atomic E-state index is 10.6. The number of rotatable bonds is 3. The van der Waals surface area contributed by atoms with Gasteiger partial charge in [-0.3, -0.25) is 4.99 Å². The summed E-state index contributed by atoms with van der Waals surface area (Å²) in [5, 5.41) is 11.6. The van der Waals surface area contributed by atoms with Gasteiger partial charge in [-0.1, -0.05) is 54.6 Å². The molecule has 0 fully saturated rings. The number of aliphatic imine (C=N–C) groups is 1. The van der Waals surface area contributed by atoms with Gasteiger partial charge in [-0.2, -0.15) is 13.2 Å². The maximum Gasteiger partial charge on any atom is 0.490 e. The van der Waals surface area contributed by atoms with Crippen LogP contribution in [0.4, 0.5) is 13.2 Å². The van der Waals surface area contributed by atoms with Gasteiger partial charge in [-0.25, -0.2) is 9.78 Å². The van der Waals surface area contributed by atoms with E-state index >= 15 is 0 Å². The van der Waals surface area contributed by atoms with E-state index in [1.807, 2.05) is 12.3 Å². The number of benzene rings is 2. The largest absolute Gasteiger partial charge is 0.490 e. The number of alkyl halides is 3. The number of nitrogens with zero attached hydrogens (tertiary/aromatic N) is 2. The van der Waals surface area contributed by atoms with Crippen LogP contribution in [0.1, 0.15) is 5.56 Å². The molecule has 1 aliphatic rings. The summed E-state index contributed by atoms with van der Waals surface area (Å²) in [6, 6.07) is 21.1. The Morgan fingerprint density at radius 1 is 1.00 bits per heavy atom. The molecule has 0 saturated carbocycles. The first-order valence-corrected chi connectivity index (χ1v) is 10.9. The number of carboxylic acids is 1. The number of halogens is 4. The zero-order chi connectivity index (χ0) is 24.3. The van der Waals surface area contributed by atoms with E-state index in [0.29, 0.717) is 0 Å². The molecule has 5 rings (SSSR count). The first-order chi connectivity index (χ1) is 16.2. The Morgan fingerprint density at radius 2 is 1.65 bits per heavy atom. The van der Waals surface area contributed by atoms with E-state index in [0.717, 1.165) is 62.4 Å². The third kappa shape index (κ3) is 5.12. The molecule has 1 aliphatic heterocycles.